The molecular formula is C18H26N6O. The Morgan fingerprint density at radius 2 is 2.08 bits per heavy atom. The van der Waals surface area contributed by atoms with Crippen LogP contribution in [0, 0.1) is 6.92 Å². The molecule has 0 unspecified atom stereocenters. The van der Waals surface area contributed by atoms with Crippen LogP contribution in [0.15, 0.2) is 30.5 Å². The van der Waals surface area contributed by atoms with E-state index in [0.29, 0.717) is 6.54 Å². The van der Waals surface area contributed by atoms with E-state index in [1.807, 2.05) is 49.0 Å². The van der Waals surface area contributed by atoms with Crippen LogP contribution in [0.25, 0.3) is 0 Å². The minimum atomic E-state index is -0.127. The molecule has 134 valence electrons. The van der Waals surface area contributed by atoms with Crippen molar-refractivity contribution in [3.8, 4) is 0 Å². The monoisotopic (exact) mass is 342 g/mol. The van der Waals surface area contributed by atoms with Gasteiger partial charge in [-0.25, -0.2) is 9.78 Å². The third-order valence-electron chi connectivity index (χ3n) is 4.48. The van der Waals surface area contributed by atoms with Gasteiger partial charge in [0.25, 0.3) is 0 Å². The molecule has 2 N–H and O–H groups in total. The first kappa shape index (κ1) is 17.3. The number of anilines is 1. The number of piperidine rings is 1. The van der Waals surface area contributed by atoms with Crippen LogP contribution in [-0.4, -0.2) is 39.9 Å². The number of pyridine rings is 1. The first-order chi connectivity index (χ1) is 12.1. The van der Waals surface area contributed by atoms with Gasteiger partial charge in [0.05, 0.1) is 12.2 Å². The van der Waals surface area contributed by atoms with E-state index in [4.69, 9.17) is 0 Å². The van der Waals surface area contributed by atoms with Crippen LogP contribution < -0.4 is 15.5 Å². The van der Waals surface area contributed by atoms with E-state index in [1.54, 1.807) is 0 Å². The topological polar surface area (TPSA) is 75.1 Å². The number of aromatic nitrogens is 3. The number of amides is 2. The molecule has 0 aromatic carbocycles. The highest BCUT2D eigenvalue weighted by Gasteiger charge is 2.21. The number of aryl methyl sites for hydroxylation is 2. The second-order valence-corrected chi connectivity index (χ2v) is 6.39. The minimum absolute atomic E-state index is 0.127. The molecule has 0 spiro atoms. The maximum Gasteiger partial charge on any atom is 0.315 e. The van der Waals surface area contributed by atoms with E-state index in [1.165, 1.54) is 0 Å². The molecule has 3 rings (SSSR count). The van der Waals surface area contributed by atoms with Gasteiger partial charge in [0.1, 0.15) is 5.82 Å². The molecule has 0 atom stereocenters. The Bertz CT molecular complexity index is 705. The second-order valence-electron chi connectivity index (χ2n) is 6.39. The summed E-state index contributed by atoms with van der Waals surface area (Å²) in [4.78, 5) is 18.9. The summed E-state index contributed by atoms with van der Waals surface area (Å²) in [6.45, 7) is 7.14. The van der Waals surface area contributed by atoms with Crippen molar-refractivity contribution in [3.63, 3.8) is 0 Å². The predicted molar refractivity (Wildman–Crippen MR) is 97.5 cm³/mol. The molecule has 25 heavy (non-hydrogen) atoms. The zero-order valence-corrected chi connectivity index (χ0v) is 14.9. The van der Waals surface area contributed by atoms with E-state index in [0.717, 1.165) is 49.7 Å². The predicted octanol–water partition coefficient (Wildman–Crippen LogP) is 2.07. The summed E-state index contributed by atoms with van der Waals surface area (Å²) in [7, 11) is 0. The van der Waals surface area contributed by atoms with Gasteiger partial charge >= 0.3 is 6.03 Å². The van der Waals surface area contributed by atoms with Crippen molar-refractivity contribution in [1.82, 2.24) is 25.4 Å². The average molecular weight is 342 g/mol. The van der Waals surface area contributed by atoms with E-state index >= 15 is 0 Å². The molecule has 2 amide bonds. The Morgan fingerprint density at radius 3 is 2.76 bits per heavy atom. The highest BCUT2D eigenvalue weighted by atomic mass is 16.2. The molecule has 1 fully saturated rings. The molecule has 1 aliphatic heterocycles. The number of hydrogen-bond donors (Lipinski definition) is 2. The lowest BCUT2D eigenvalue weighted by Gasteiger charge is -2.33. The van der Waals surface area contributed by atoms with Gasteiger partial charge in [-0.1, -0.05) is 6.07 Å². The Balaban J connectivity index is 1.41. The van der Waals surface area contributed by atoms with Gasteiger partial charge in [-0.3, -0.25) is 4.68 Å². The summed E-state index contributed by atoms with van der Waals surface area (Å²) < 4.78 is 1.85. The third-order valence-corrected chi connectivity index (χ3v) is 4.48. The summed E-state index contributed by atoms with van der Waals surface area (Å²) >= 11 is 0. The summed E-state index contributed by atoms with van der Waals surface area (Å²) in [5.74, 6) is 1.02. The van der Waals surface area contributed by atoms with Crippen molar-refractivity contribution >= 4 is 11.8 Å². The number of rotatable bonds is 5. The first-order valence-corrected chi connectivity index (χ1v) is 8.89. The Labute approximate surface area is 148 Å². The Morgan fingerprint density at radius 1 is 1.28 bits per heavy atom. The number of carbonyl (C=O) groups excluding carboxylic acids is 1. The van der Waals surface area contributed by atoms with Crippen LogP contribution in [0.3, 0.4) is 0 Å². The van der Waals surface area contributed by atoms with E-state index in [-0.39, 0.29) is 12.1 Å². The molecular weight excluding hydrogens is 316 g/mol. The van der Waals surface area contributed by atoms with Gasteiger partial charge in [-0.15, -0.1) is 0 Å². The van der Waals surface area contributed by atoms with Crippen LogP contribution in [0.2, 0.25) is 0 Å². The van der Waals surface area contributed by atoms with Gasteiger partial charge in [0.2, 0.25) is 0 Å². The summed E-state index contributed by atoms with van der Waals surface area (Å²) in [5, 5.41) is 10.3. The van der Waals surface area contributed by atoms with Crippen LogP contribution in [0.1, 0.15) is 31.2 Å². The van der Waals surface area contributed by atoms with Crippen molar-refractivity contribution in [2.75, 3.05) is 18.0 Å². The van der Waals surface area contributed by atoms with Gasteiger partial charge in [-0.2, -0.15) is 5.10 Å². The van der Waals surface area contributed by atoms with Crippen molar-refractivity contribution in [3.05, 3.63) is 41.9 Å². The molecule has 0 bridgehead atoms. The van der Waals surface area contributed by atoms with Crippen LogP contribution in [-0.2, 0) is 13.1 Å². The lowest BCUT2D eigenvalue weighted by molar-refractivity contribution is 0.234. The van der Waals surface area contributed by atoms with Crippen LogP contribution in [0.4, 0.5) is 10.6 Å². The molecule has 0 saturated carbocycles. The Kier molecular flexibility index (Phi) is 5.53. The molecule has 1 saturated heterocycles. The standard InChI is InChI=1S/C18H26N6O/c1-3-24-12-9-16(22-24)13-19-18(25)21-15-7-10-23(11-8-15)17-6-4-5-14(2)20-17/h4-6,9,12,15H,3,7-8,10-11,13H2,1-2H3,(H2,19,21,25). The van der Waals surface area contributed by atoms with Gasteiger partial charge in [-0.05, 0) is 44.9 Å². The molecule has 1 aliphatic rings. The largest absolute Gasteiger partial charge is 0.356 e. The zero-order valence-electron chi connectivity index (χ0n) is 14.9. The van der Waals surface area contributed by atoms with Gasteiger partial charge in [0, 0.05) is 37.6 Å². The number of hydrogen-bond acceptors (Lipinski definition) is 4. The SMILES string of the molecule is CCn1ccc(CNC(=O)NC2CCN(c3cccc(C)n3)CC2)n1. The van der Waals surface area contributed by atoms with Crippen molar-refractivity contribution in [2.45, 2.75) is 45.8 Å². The maximum atomic E-state index is 12.1. The average Bonchev–Trinajstić information content (AvgIpc) is 3.09. The third kappa shape index (κ3) is 4.71. The molecule has 3 heterocycles. The van der Waals surface area contributed by atoms with Crippen molar-refractivity contribution in [2.24, 2.45) is 0 Å². The molecule has 7 nitrogen and oxygen atoms in total. The maximum absolute atomic E-state index is 12.1. The Hall–Kier alpha value is -2.57. The summed E-state index contributed by atoms with van der Waals surface area (Å²) in [5.41, 5.74) is 1.90. The fraction of sp³-hybridized carbons (Fsp3) is 0.500. The molecule has 7 heteroatoms. The zero-order chi connectivity index (χ0) is 17.6. The van der Waals surface area contributed by atoms with Crippen molar-refractivity contribution < 1.29 is 4.79 Å². The molecule has 2 aromatic heterocycles. The first-order valence-electron chi connectivity index (χ1n) is 8.89. The fourth-order valence-electron chi connectivity index (χ4n) is 3.04. The molecule has 0 radical (unpaired) electrons. The lowest BCUT2D eigenvalue weighted by Crippen LogP contribution is -2.48. The lowest BCUT2D eigenvalue weighted by atomic mass is 10.1. The summed E-state index contributed by atoms with van der Waals surface area (Å²) in [6, 6.07) is 8.09. The van der Waals surface area contributed by atoms with Crippen LogP contribution in [0.5, 0.6) is 0 Å². The van der Waals surface area contributed by atoms with Gasteiger partial charge < -0.3 is 15.5 Å². The number of carbonyl (C=O) groups is 1. The highest BCUT2D eigenvalue weighted by Crippen LogP contribution is 2.18. The number of nitrogens with zero attached hydrogens (tertiary/aromatic N) is 4. The van der Waals surface area contributed by atoms with E-state index < -0.39 is 0 Å². The fourth-order valence-corrected chi connectivity index (χ4v) is 3.04. The van der Waals surface area contributed by atoms with Gasteiger partial charge in [0.15, 0.2) is 0 Å². The summed E-state index contributed by atoms with van der Waals surface area (Å²) in [6.07, 6.45) is 3.77. The highest BCUT2D eigenvalue weighted by molar-refractivity contribution is 5.74. The normalized spacial score (nSPS) is 15.2. The number of urea groups is 1. The van der Waals surface area contributed by atoms with E-state index in [2.05, 4.69) is 25.6 Å². The molecule has 0 aliphatic carbocycles. The second kappa shape index (κ2) is 8.00. The van der Waals surface area contributed by atoms with Crippen molar-refractivity contribution in [1.29, 1.82) is 0 Å². The minimum Gasteiger partial charge on any atom is -0.356 e. The van der Waals surface area contributed by atoms with E-state index in [9.17, 15) is 4.79 Å². The molecule has 2 aromatic rings. The smallest absolute Gasteiger partial charge is 0.315 e. The van der Waals surface area contributed by atoms with Crippen LogP contribution >= 0.6 is 0 Å². The number of nitrogens with one attached hydrogen (secondary N) is 2. The quantitative estimate of drug-likeness (QED) is 0.872.